The molecular weight excluding hydrogens is 201 g/mol. The van der Waals surface area contributed by atoms with E-state index >= 15 is 0 Å². The van der Waals surface area contributed by atoms with Crippen molar-refractivity contribution in [1.29, 1.82) is 0 Å². The lowest BCUT2D eigenvalue weighted by Crippen LogP contribution is -2.19. The van der Waals surface area contributed by atoms with Crippen molar-refractivity contribution in [3.63, 3.8) is 0 Å². The van der Waals surface area contributed by atoms with Crippen LogP contribution >= 0.6 is 11.6 Å². The highest BCUT2D eigenvalue weighted by Gasteiger charge is 2.11. The fourth-order valence-electron chi connectivity index (χ4n) is 1.29. The molecule has 0 fully saturated rings. The van der Waals surface area contributed by atoms with Crippen molar-refractivity contribution in [2.45, 2.75) is 13.0 Å². The molecule has 1 aromatic carbocycles. The van der Waals surface area contributed by atoms with Crippen LogP contribution in [0.4, 0.5) is 4.39 Å². The normalized spacial score (nSPS) is 12.5. The topological polar surface area (TPSA) is 12.0 Å². The minimum atomic E-state index is -0.264. The van der Waals surface area contributed by atoms with Crippen LogP contribution in [0.5, 0.6) is 0 Å². The molecule has 76 valence electrons. The van der Waals surface area contributed by atoms with Gasteiger partial charge in [-0.25, -0.2) is 4.39 Å². The molecule has 0 amide bonds. The van der Waals surface area contributed by atoms with Gasteiger partial charge in [0.1, 0.15) is 5.82 Å². The van der Waals surface area contributed by atoms with Gasteiger partial charge in [0.2, 0.25) is 0 Å². The van der Waals surface area contributed by atoms with E-state index in [1.807, 2.05) is 6.92 Å². The lowest BCUT2D eigenvalue weighted by atomic mass is 10.1. The average molecular weight is 214 g/mol. The van der Waals surface area contributed by atoms with Crippen molar-refractivity contribution in [1.82, 2.24) is 5.32 Å². The van der Waals surface area contributed by atoms with Crippen LogP contribution in [-0.2, 0) is 0 Å². The van der Waals surface area contributed by atoms with Gasteiger partial charge in [-0.1, -0.05) is 24.6 Å². The number of rotatable bonds is 4. The van der Waals surface area contributed by atoms with Crippen molar-refractivity contribution in [2.24, 2.45) is 0 Å². The third-order valence-electron chi connectivity index (χ3n) is 1.95. The summed E-state index contributed by atoms with van der Waals surface area (Å²) in [6.07, 6.45) is 1.66. The van der Waals surface area contributed by atoms with Crippen molar-refractivity contribution in [3.8, 4) is 0 Å². The number of likely N-dealkylation sites (N-methyl/N-ethyl adjacent to an activating group) is 1. The van der Waals surface area contributed by atoms with Gasteiger partial charge in [0.25, 0.3) is 0 Å². The minimum Gasteiger partial charge on any atom is -0.307 e. The average Bonchev–Trinajstić information content (AvgIpc) is 2.18. The Hall–Kier alpha value is -0.860. The van der Waals surface area contributed by atoms with Crippen molar-refractivity contribution in [2.75, 3.05) is 6.54 Å². The summed E-state index contributed by atoms with van der Waals surface area (Å²) in [5.74, 6) is -0.264. The summed E-state index contributed by atoms with van der Waals surface area (Å²) >= 11 is 5.79. The van der Waals surface area contributed by atoms with E-state index in [1.54, 1.807) is 12.1 Å². The Kier molecular flexibility index (Phi) is 4.11. The number of hydrogen-bond donors (Lipinski definition) is 1. The first-order valence-corrected chi connectivity index (χ1v) is 4.87. The first-order valence-electron chi connectivity index (χ1n) is 4.50. The quantitative estimate of drug-likeness (QED) is 0.757. The fraction of sp³-hybridized carbons (Fsp3) is 0.273. The van der Waals surface area contributed by atoms with E-state index in [0.29, 0.717) is 10.6 Å². The molecule has 1 unspecified atom stereocenters. The Morgan fingerprint density at radius 2 is 2.36 bits per heavy atom. The van der Waals surface area contributed by atoms with E-state index in [9.17, 15) is 4.39 Å². The van der Waals surface area contributed by atoms with Crippen LogP contribution in [0.2, 0.25) is 5.02 Å². The largest absolute Gasteiger partial charge is 0.307 e. The van der Waals surface area contributed by atoms with Gasteiger partial charge >= 0.3 is 0 Å². The molecule has 3 heteroatoms. The lowest BCUT2D eigenvalue weighted by Gasteiger charge is -2.14. The molecule has 0 radical (unpaired) electrons. The summed E-state index contributed by atoms with van der Waals surface area (Å²) in [7, 11) is 0. The van der Waals surface area contributed by atoms with Crippen LogP contribution < -0.4 is 5.32 Å². The van der Waals surface area contributed by atoms with Gasteiger partial charge in [-0.2, -0.15) is 0 Å². The van der Waals surface area contributed by atoms with Gasteiger partial charge in [0.15, 0.2) is 0 Å². The number of benzene rings is 1. The van der Waals surface area contributed by atoms with Crippen molar-refractivity contribution >= 4 is 11.6 Å². The maximum Gasteiger partial charge on any atom is 0.128 e. The second-order valence-corrected chi connectivity index (χ2v) is 3.37. The SMILES string of the molecule is C=CC(NCC)c1cc(Cl)ccc1F. The molecule has 0 spiro atoms. The summed E-state index contributed by atoms with van der Waals surface area (Å²) in [6.45, 7) is 6.36. The molecule has 0 saturated carbocycles. The van der Waals surface area contributed by atoms with E-state index in [-0.39, 0.29) is 11.9 Å². The smallest absolute Gasteiger partial charge is 0.128 e. The van der Waals surface area contributed by atoms with Crippen LogP contribution in [-0.4, -0.2) is 6.54 Å². The van der Waals surface area contributed by atoms with Crippen LogP contribution in [0.3, 0.4) is 0 Å². The Bertz CT molecular complexity index is 325. The van der Waals surface area contributed by atoms with Gasteiger partial charge in [-0.3, -0.25) is 0 Å². The summed E-state index contributed by atoms with van der Waals surface area (Å²) in [5, 5.41) is 3.63. The number of halogens is 2. The first-order chi connectivity index (χ1) is 6.69. The monoisotopic (exact) mass is 213 g/mol. The summed E-state index contributed by atoms with van der Waals surface area (Å²) < 4.78 is 13.4. The van der Waals surface area contributed by atoms with Crippen molar-refractivity contribution < 1.29 is 4.39 Å². The molecule has 0 bridgehead atoms. The van der Waals surface area contributed by atoms with E-state index in [2.05, 4.69) is 11.9 Å². The van der Waals surface area contributed by atoms with Gasteiger partial charge in [0.05, 0.1) is 6.04 Å². The molecule has 1 rings (SSSR count). The van der Waals surface area contributed by atoms with Gasteiger partial charge < -0.3 is 5.32 Å². The van der Waals surface area contributed by atoms with Crippen LogP contribution in [0, 0.1) is 5.82 Å². The highest BCUT2D eigenvalue weighted by atomic mass is 35.5. The molecule has 1 aromatic rings. The molecule has 0 heterocycles. The van der Waals surface area contributed by atoms with Crippen LogP contribution in [0.15, 0.2) is 30.9 Å². The van der Waals surface area contributed by atoms with E-state index in [1.165, 1.54) is 12.1 Å². The third-order valence-corrected chi connectivity index (χ3v) is 2.19. The molecule has 1 nitrogen and oxygen atoms in total. The molecule has 0 aromatic heterocycles. The lowest BCUT2D eigenvalue weighted by molar-refractivity contribution is 0.567. The maximum atomic E-state index is 13.4. The number of hydrogen-bond acceptors (Lipinski definition) is 1. The van der Waals surface area contributed by atoms with Crippen LogP contribution in [0.25, 0.3) is 0 Å². The molecule has 1 atom stereocenters. The third kappa shape index (κ3) is 2.56. The molecule has 0 aliphatic carbocycles. The zero-order valence-corrected chi connectivity index (χ0v) is 8.81. The second kappa shape index (κ2) is 5.13. The van der Waals surface area contributed by atoms with Crippen LogP contribution in [0.1, 0.15) is 18.5 Å². The first kappa shape index (κ1) is 11.2. The standard InChI is InChI=1S/C11H13ClFN/c1-3-11(14-4-2)9-7-8(12)5-6-10(9)13/h3,5-7,11,14H,1,4H2,2H3. The maximum absolute atomic E-state index is 13.4. The predicted octanol–water partition coefficient (Wildman–Crippen LogP) is 3.32. The Balaban J connectivity index is 3.01. The zero-order chi connectivity index (χ0) is 10.6. The number of nitrogens with one attached hydrogen (secondary N) is 1. The minimum absolute atomic E-state index is 0.182. The molecule has 14 heavy (non-hydrogen) atoms. The molecule has 0 aliphatic heterocycles. The Morgan fingerprint density at radius 3 is 2.93 bits per heavy atom. The van der Waals surface area contributed by atoms with Gasteiger partial charge in [-0.05, 0) is 24.7 Å². The zero-order valence-electron chi connectivity index (χ0n) is 8.06. The Morgan fingerprint density at radius 1 is 1.64 bits per heavy atom. The summed E-state index contributed by atoms with van der Waals surface area (Å²) in [5.41, 5.74) is 0.536. The molecule has 1 N–H and O–H groups in total. The fourth-order valence-corrected chi connectivity index (χ4v) is 1.47. The van der Waals surface area contributed by atoms with Gasteiger partial charge in [0, 0.05) is 10.6 Å². The van der Waals surface area contributed by atoms with E-state index in [0.717, 1.165) is 6.54 Å². The van der Waals surface area contributed by atoms with E-state index in [4.69, 9.17) is 11.6 Å². The predicted molar refractivity (Wildman–Crippen MR) is 58.0 cm³/mol. The molecular formula is C11H13ClFN. The van der Waals surface area contributed by atoms with Crippen molar-refractivity contribution in [3.05, 3.63) is 47.3 Å². The Labute approximate surface area is 88.6 Å². The van der Waals surface area contributed by atoms with E-state index < -0.39 is 0 Å². The summed E-state index contributed by atoms with van der Waals surface area (Å²) in [4.78, 5) is 0. The molecule has 0 aliphatic rings. The summed E-state index contributed by atoms with van der Waals surface area (Å²) in [6, 6.07) is 4.34. The van der Waals surface area contributed by atoms with Gasteiger partial charge in [-0.15, -0.1) is 6.58 Å². The molecule has 0 saturated heterocycles. The second-order valence-electron chi connectivity index (χ2n) is 2.94. The highest BCUT2D eigenvalue weighted by molar-refractivity contribution is 6.30. The highest BCUT2D eigenvalue weighted by Crippen LogP contribution is 2.21.